The normalized spacial score (nSPS) is 17.3. The molecule has 1 heterocycles. The van der Waals surface area contributed by atoms with E-state index in [1.54, 1.807) is 42.7 Å². The Morgan fingerprint density at radius 2 is 0.895 bits per heavy atom. The van der Waals surface area contributed by atoms with Crippen molar-refractivity contribution < 1.29 is 45.6 Å². The summed E-state index contributed by atoms with van der Waals surface area (Å²) in [6.07, 6.45) is 1.24. The van der Waals surface area contributed by atoms with E-state index in [2.05, 4.69) is 9.80 Å². The van der Waals surface area contributed by atoms with Gasteiger partial charge in [0.15, 0.2) is 0 Å². The Morgan fingerprint density at radius 1 is 0.605 bits per heavy atom. The molecular weight excluding hydrogens is 532 g/mol. The molecule has 0 amide bonds. The summed E-state index contributed by atoms with van der Waals surface area (Å²) in [6, 6.07) is 1.17. The van der Waals surface area contributed by atoms with Gasteiger partial charge in [-0.15, -0.1) is 0 Å². The summed E-state index contributed by atoms with van der Waals surface area (Å²) in [5.41, 5.74) is 0. The van der Waals surface area contributed by atoms with E-state index < -0.39 is 17.6 Å². The second-order valence-corrected chi connectivity index (χ2v) is 15.7. The highest BCUT2D eigenvalue weighted by Gasteiger charge is 2.38. The van der Waals surface area contributed by atoms with Gasteiger partial charge in [-0.1, -0.05) is 13.8 Å². The molecule has 1 saturated heterocycles. The van der Waals surface area contributed by atoms with Crippen molar-refractivity contribution in [3.05, 3.63) is 0 Å². The number of carbonyl (C=O) groups excluding carboxylic acids is 2. The lowest BCUT2D eigenvalue weighted by Gasteiger charge is -2.36. The Labute approximate surface area is 230 Å². The van der Waals surface area contributed by atoms with Gasteiger partial charge < -0.3 is 36.0 Å². The van der Waals surface area contributed by atoms with Crippen LogP contribution in [0.15, 0.2) is 0 Å². The van der Waals surface area contributed by atoms with E-state index in [-0.39, 0.29) is 23.8 Å². The van der Waals surface area contributed by atoms with Crippen molar-refractivity contribution in [2.45, 2.75) is 38.8 Å². The van der Waals surface area contributed by atoms with Gasteiger partial charge in [0.2, 0.25) is 0 Å². The van der Waals surface area contributed by atoms with Gasteiger partial charge >= 0.3 is 29.5 Å². The van der Waals surface area contributed by atoms with Gasteiger partial charge in [0.25, 0.3) is 0 Å². The van der Waals surface area contributed by atoms with Gasteiger partial charge in [-0.2, -0.15) is 0 Å². The van der Waals surface area contributed by atoms with Gasteiger partial charge in [0.05, 0.1) is 25.0 Å². The quantitative estimate of drug-likeness (QED) is 0.118. The van der Waals surface area contributed by atoms with Crippen molar-refractivity contribution >= 4 is 29.5 Å². The third-order valence-electron chi connectivity index (χ3n) is 6.94. The van der Waals surface area contributed by atoms with Crippen LogP contribution < -0.4 is 0 Å². The zero-order valence-electron chi connectivity index (χ0n) is 24.6. The number of nitrogens with zero attached hydrogens (tertiary/aromatic N) is 2. The van der Waals surface area contributed by atoms with Gasteiger partial charge in [-0.25, -0.2) is 0 Å². The van der Waals surface area contributed by atoms with Crippen molar-refractivity contribution in [2.24, 2.45) is 11.8 Å². The minimum absolute atomic E-state index is 0.204. The second kappa shape index (κ2) is 18.4. The lowest BCUT2D eigenvalue weighted by Crippen LogP contribution is -2.49. The third-order valence-corrected chi connectivity index (χ3v) is 12.6. The maximum Gasteiger partial charge on any atom is 0.500 e. The summed E-state index contributed by atoms with van der Waals surface area (Å²) in [7, 11) is 4.14. The van der Waals surface area contributed by atoms with Crippen LogP contribution in [-0.4, -0.2) is 134 Å². The van der Waals surface area contributed by atoms with Gasteiger partial charge in [-0.3, -0.25) is 19.4 Å². The summed E-state index contributed by atoms with van der Waals surface area (Å²) in [6.45, 7) is 9.03. The van der Waals surface area contributed by atoms with Crippen LogP contribution in [0.1, 0.15) is 26.7 Å². The van der Waals surface area contributed by atoms with Crippen LogP contribution in [0.4, 0.5) is 0 Å². The van der Waals surface area contributed by atoms with Gasteiger partial charge in [0.1, 0.15) is 0 Å². The molecule has 2 atom stereocenters. The van der Waals surface area contributed by atoms with Crippen LogP contribution in [0.3, 0.4) is 0 Å². The number of rotatable bonds is 20. The molecule has 0 N–H and O–H groups in total. The highest BCUT2D eigenvalue weighted by molar-refractivity contribution is 6.60. The molecule has 0 aromatic rings. The predicted octanol–water partition coefficient (Wildman–Crippen LogP) is 1.50. The van der Waals surface area contributed by atoms with Crippen molar-refractivity contribution in [3.8, 4) is 0 Å². The Kier molecular flexibility index (Phi) is 17.0. The molecule has 2 unspecified atom stereocenters. The minimum Gasteiger partial charge on any atom is -0.465 e. The lowest BCUT2D eigenvalue weighted by atomic mass is 10.1. The maximum atomic E-state index is 12.4. The third kappa shape index (κ3) is 11.7. The van der Waals surface area contributed by atoms with E-state index in [1.807, 2.05) is 13.8 Å². The van der Waals surface area contributed by atoms with Gasteiger partial charge in [-0.05, 0) is 12.8 Å². The first kappa shape index (κ1) is 35.1. The molecule has 1 aliphatic heterocycles. The van der Waals surface area contributed by atoms with Gasteiger partial charge in [0, 0.05) is 94.0 Å². The van der Waals surface area contributed by atoms with Crippen LogP contribution in [0.2, 0.25) is 12.1 Å². The Balaban J connectivity index is 2.27. The molecule has 0 aromatic heterocycles. The molecular formula is C24H50N2O10Si2. The highest BCUT2D eigenvalue weighted by Crippen LogP contribution is 2.17. The molecule has 1 aliphatic rings. The first-order chi connectivity index (χ1) is 18.1. The minimum atomic E-state index is -2.64. The topological polar surface area (TPSA) is 114 Å². The van der Waals surface area contributed by atoms with E-state index in [9.17, 15) is 9.59 Å². The molecule has 38 heavy (non-hydrogen) atoms. The zero-order chi connectivity index (χ0) is 28.6. The SMILES string of the molecule is CO[Si](CCCOC(=O)C(C)CN1CCN(CC(C)C(=O)OCCC[Si](OC)(OC)OC)CC1)(OC)OC. The van der Waals surface area contributed by atoms with Crippen LogP contribution in [0.5, 0.6) is 0 Å². The number of carbonyl (C=O) groups is 2. The van der Waals surface area contributed by atoms with Crippen LogP contribution in [-0.2, 0) is 45.6 Å². The standard InChI is InChI=1S/C24H50N2O10Si2/c1-21(23(27)35-15-9-17-37(29-3,30-4)31-5)19-25-11-13-26(14-12-25)20-22(2)24(28)36-16-10-18-38(32-6,33-7)34-8/h21-22H,9-20H2,1-8H3. The molecule has 0 saturated carbocycles. The first-order valence-electron chi connectivity index (χ1n) is 13.2. The van der Waals surface area contributed by atoms with Crippen molar-refractivity contribution in [1.29, 1.82) is 0 Å². The Bertz CT molecular complexity index is 602. The number of ether oxygens (including phenoxy) is 2. The summed E-state index contributed by atoms with van der Waals surface area (Å²) < 4.78 is 43.3. The number of piperazine rings is 1. The molecule has 0 radical (unpaired) electrons. The van der Waals surface area contributed by atoms with Crippen LogP contribution in [0.25, 0.3) is 0 Å². The Morgan fingerprint density at radius 3 is 1.16 bits per heavy atom. The number of hydrogen-bond donors (Lipinski definition) is 0. The molecule has 0 bridgehead atoms. The monoisotopic (exact) mass is 582 g/mol. The van der Waals surface area contributed by atoms with E-state index in [1.165, 1.54) is 0 Å². The highest BCUT2D eigenvalue weighted by atomic mass is 28.4. The summed E-state index contributed by atoms with van der Waals surface area (Å²) in [5, 5.41) is 0. The fraction of sp³-hybridized carbons (Fsp3) is 0.917. The second-order valence-electron chi connectivity index (χ2n) is 9.54. The van der Waals surface area contributed by atoms with Crippen molar-refractivity contribution in [3.63, 3.8) is 0 Å². The molecule has 0 aliphatic carbocycles. The molecule has 0 aromatic carbocycles. The summed E-state index contributed by atoms with van der Waals surface area (Å²) >= 11 is 0. The van der Waals surface area contributed by atoms with Crippen LogP contribution in [0, 0.1) is 11.8 Å². The van der Waals surface area contributed by atoms with E-state index in [0.717, 1.165) is 26.2 Å². The largest absolute Gasteiger partial charge is 0.500 e. The molecule has 14 heteroatoms. The van der Waals surface area contributed by atoms with E-state index >= 15 is 0 Å². The van der Waals surface area contributed by atoms with Crippen molar-refractivity contribution in [1.82, 2.24) is 9.80 Å². The van der Waals surface area contributed by atoms with E-state index in [4.69, 9.17) is 36.0 Å². The smallest absolute Gasteiger partial charge is 0.465 e. The average molecular weight is 583 g/mol. The molecule has 0 spiro atoms. The maximum absolute atomic E-state index is 12.4. The lowest BCUT2D eigenvalue weighted by molar-refractivity contribution is -0.150. The molecule has 224 valence electrons. The fourth-order valence-corrected chi connectivity index (χ4v) is 7.78. The molecule has 12 nitrogen and oxygen atoms in total. The predicted molar refractivity (Wildman–Crippen MR) is 146 cm³/mol. The van der Waals surface area contributed by atoms with Crippen LogP contribution >= 0.6 is 0 Å². The number of hydrogen-bond acceptors (Lipinski definition) is 12. The average Bonchev–Trinajstić information content (AvgIpc) is 2.94. The summed E-state index contributed by atoms with van der Waals surface area (Å²) in [4.78, 5) is 29.4. The summed E-state index contributed by atoms with van der Waals surface area (Å²) in [5.74, 6) is -0.851. The first-order valence-corrected chi connectivity index (χ1v) is 17.1. The molecule has 1 rings (SSSR count). The fourth-order valence-electron chi connectivity index (χ4n) is 4.40. The zero-order valence-corrected chi connectivity index (χ0v) is 26.6. The molecule has 1 fully saturated rings. The number of esters is 2. The van der Waals surface area contributed by atoms with Crippen molar-refractivity contribution in [2.75, 3.05) is 95.1 Å². The Hall–Kier alpha value is -0.946. The van der Waals surface area contributed by atoms with E-state index in [0.29, 0.717) is 51.2 Å².